The molecule has 2 aliphatic heterocycles. The summed E-state index contributed by atoms with van der Waals surface area (Å²) < 4.78 is 12.5. The number of carbonyl (C=O) groups is 1. The van der Waals surface area contributed by atoms with Gasteiger partial charge in [-0.2, -0.15) is 0 Å². The molecule has 1 aromatic heterocycles. The lowest BCUT2D eigenvalue weighted by atomic mass is 10.1. The molecular weight excluding hydrogens is 302 g/mol. The van der Waals surface area contributed by atoms with Crippen LogP contribution in [0, 0.1) is 0 Å². The van der Waals surface area contributed by atoms with Crippen molar-refractivity contribution in [3.8, 4) is 0 Å². The monoisotopic (exact) mass is 323 g/mol. The Hall–Kier alpha value is -1.44. The number of rotatable bonds is 5. The fourth-order valence-corrected chi connectivity index (χ4v) is 3.35. The summed E-state index contributed by atoms with van der Waals surface area (Å²) in [5.41, 5.74) is 4.62. The van der Waals surface area contributed by atoms with Crippen LogP contribution < -0.4 is 5.43 Å². The lowest BCUT2D eigenvalue weighted by Gasteiger charge is -2.30. The van der Waals surface area contributed by atoms with E-state index in [-0.39, 0.29) is 5.97 Å². The summed E-state index contributed by atoms with van der Waals surface area (Å²) in [5, 5.41) is 2.00. The van der Waals surface area contributed by atoms with Crippen molar-refractivity contribution >= 4 is 23.6 Å². The topological polar surface area (TPSA) is 58.0 Å². The van der Waals surface area contributed by atoms with Gasteiger partial charge in [0.1, 0.15) is 12.0 Å². The quantitative estimate of drug-likeness (QED) is 0.660. The minimum atomic E-state index is -0.353. The van der Waals surface area contributed by atoms with Crippen LogP contribution >= 0.6 is 11.9 Å². The summed E-state index contributed by atoms with van der Waals surface area (Å²) in [6, 6.07) is 1.71. The lowest BCUT2D eigenvalue weighted by Crippen LogP contribution is -2.41. The van der Waals surface area contributed by atoms with Gasteiger partial charge in [-0.3, -0.25) is 4.90 Å². The second-order valence-electron chi connectivity index (χ2n) is 5.37. The van der Waals surface area contributed by atoms with Crippen molar-refractivity contribution in [2.75, 3.05) is 26.4 Å². The van der Waals surface area contributed by atoms with Gasteiger partial charge in [-0.15, -0.1) is 4.41 Å². The molecular formula is C15H21N3O3S. The minimum absolute atomic E-state index is 0.353. The zero-order valence-corrected chi connectivity index (χ0v) is 13.5. The highest BCUT2D eigenvalue weighted by atomic mass is 32.2. The molecule has 1 fully saturated rings. The lowest BCUT2D eigenvalue weighted by molar-refractivity contribution is 0.0525. The van der Waals surface area contributed by atoms with E-state index in [2.05, 4.69) is 14.7 Å². The third kappa shape index (κ3) is 3.66. The van der Waals surface area contributed by atoms with Crippen molar-refractivity contribution < 1.29 is 13.9 Å². The summed E-state index contributed by atoms with van der Waals surface area (Å²) in [4.78, 5) is 14.1. The summed E-state index contributed by atoms with van der Waals surface area (Å²) in [6.07, 6.45) is 5.33. The Labute approximate surface area is 134 Å². The largest absolute Gasteiger partial charge is 0.462 e. The molecule has 0 aliphatic carbocycles. The molecule has 0 aromatic carbocycles. The van der Waals surface area contributed by atoms with E-state index in [0.29, 0.717) is 17.9 Å². The van der Waals surface area contributed by atoms with E-state index in [0.717, 1.165) is 25.5 Å². The molecule has 1 saturated heterocycles. The molecule has 0 unspecified atom stereocenters. The van der Waals surface area contributed by atoms with E-state index in [1.807, 2.05) is 5.41 Å². The number of hydrogen-bond donors (Lipinski definition) is 1. The first-order chi connectivity index (χ1) is 10.8. The van der Waals surface area contributed by atoms with Crippen molar-refractivity contribution in [2.24, 2.45) is 0 Å². The molecule has 0 bridgehead atoms. The minimum Gasteiger partial charge on any atom is -0.462 e. The number of furan rings is 1. The molecule has 1 aromatic rings. The summed E-state index contributed by atoms with van der Waals surface area (Å²) in [6.45, 7) is 5.33. The predicted molar refractivity (Wildman–Crippen MR) is 85.5 cm³/mol. The van der Waals surface area contributed by atoms with E-state index in [4.69, 9.17) is 9.15 Å². The molecule has 0 saturated carbocycles. The highest BCUT2D eigenvalue weighted by Gasteiger charge is 2.22. The summed E-state index contributed by atoms with van der Waals surface area (Å²) in [5.74, 6) is 0.297. The molecule has 1 N–H and O–H groups in total. The molecule has 6 nitrogen and oxygen atoms in total. The SMILES string of the molecule is CCOC(=O)c1coc(C2=CSN(CN3CCCCC3)N2)c1. The zero-order chi connectivity index (χ0) is 15.4. The van der Waals surface area contributed by atoms with Gasteiger partial charge in [-0.25, -0.2) is 4.79 Å². The third-order valence-corrected chi connectivity index (χ3v) is 4.50. The van der Waals surface area contributed by atoms with Crippen LogP contribution in [-0.2, 0) is 4.74 Å². The fraction of sp³-hybridized carbons (Fsp3) is 0.533. The maximum Gasteiger partial charge on any atom is 0.341 e. The predicted octanol–water partition coefficient (Wildman–Crippen LogP) is 2.67. The Kier molecular flexibility index (Phi) is 5.07. The van der Waals surface area contributed by atoms with Crippen LogP contribution in [0.25, 0.3) is 5.70 Å². The Morgan fingerprint density at radius 1 is 1.41 bits per heavy atom. The average Bonchev–Trinajstić information content (AvgIpc) is 3.17. The number of nitrogens with zero attached hydrogens (tertiary/aromatic N) is 2. The number of hydrogen-bond acceptors (Lipinski definition) is 7. The van der Waals surface area contributed by atoms with Crippen molar-refractivity contribution in [2.45, 2.75) is 26.2 Å². The van der Waals surface area contributed by atoms with Crippen LogP contribution in [-0.4, -0.2) is 41.6 Å². The molecule has 0 amide bonds. The molecule has 0 spiro atoms. The van der Waals surface area contributed by atoms with E-state index >= 15 is 0 Å². The first kappa shape index (κ1) is 15.5. The van der Waals surface area contributed by atoms with Gasteiger partial charge in [-0.05, 0) is 44.8 Å². The first-order valence-electron chi connectivity index (χ1n) is 7.66. The molecule has 0 radical (unpaired) electrons. The molecule has 120 valence electrons. The smallest absolute Gasteiger partial charge is 0.341 e. The highest BCUT2D eigenvalue weighted by Crippen LogP contribution is 2.28. The number of likely N-dealkylation sites (tertiary alicyclic amines) is 1. The van der Waals surface area contributed by atoms with Gasteiger partial charge < -0.3 is 14.6 Å². The standard InChI is InChI=1S/C15H21N3O3S/c1-2-20-15(19)12-8-14(21-9-12)13-10-22-18(16-13)11-17-6-4-3-5-7-17/h8-10,16H,2-7,11H2,1H3. The second-order valence-corrected chi connectivity index (χ2v) is 6.25. The van der Waals surface area contributed by atoms with Crippen LogP contribution in [0.15, 0.2) is 22.2 Å². The van der Waals surface area contributed by atoms with Gasteiger partial charge in [0.15, 0.2) is 5.76 Å². The van der Waals surface area contributed by atoms with Gasteiger partial charge >= 0.3 is 5.97 Å². The van der Waals surface area contributed by atoms with Crippen molar-refractivity contribution in [1.29, 1.82) is 0 Å². The number of nitrogens with one attached hydrogen (secondary N) is 1. The van der Waals surface area contributed by atoms with Gasteiger partial charge in [0, 0.05) is 11.5 Å². The van der Waals surface area contributed by atoms with E-state index in [9.17, 15) is 4.79 Å². The van der Waals surface area contributed by atoms with Gasteiger partial charge in [0.2, 0.25) is 0 Å². The van der Waals surface area contributed by atoms with Crippen LogP contribution in [0.4, 0.5) is 0 Å². The first-order valence-corrected chi connectivity index (χ1v) is 8.49. The Balaban J connectivity index is 1.54. The molecule has 2 aliphatic rings. The van der Waals surface area contributed by atoms with Gasteiger partial charge in [0.05, 0.1) is 18.8 Å². The van der Waals surface area contributed by atoms with E-state index in [1.54, 1.807) is 24.9 Å². The normalized spacial score (nSPS) is 19.8. The van der Waals surface area contributed by atoms with Crippen molar-refractivity contribution in [1.82, 2.24) is 14.7 Å². The van der Waals surface area contributed by atoms with Crippen molar-refractivity contribution in [3.63, 3.8) is 0 Å². The van der Waals surface area contributed by atoms with Crippen molar-refractivity contribution in [3.05, 3.63) is 29.1 Å². The van der Waals surface area contributed by atoms with Gasteiger partial charge in [-0.1, -0.05) is 6.42 Å². The van der Waals surface area contributed by atoms with E-state index in [1.165, 1.54) is 25.5 Å². The van der Waals surface area contributed by atoms with Crippen LogP contribution in [0.2, 0.25) is 0 Å². The maximum absolute atomic E-state index is 11.7. The number of esters is 1. The number of piperidine rings is 1. The molecule has 0 atom stereocenters. The molecule has 3 rings (SSSR count). The third-order valence-electron chi connectivity index (χ3n) is 3.70. The average molecular weight is 323 g/mol. The molecule has 22 heavy (non-hydrogen) atoms. The second kappa shape index (κ2) is 7.21. The highest BCUT2D eigenvalue weighted by molar-refractivity contribution is 8.00. The number of ether oxygens (including phenoxy) is 1. The summed E-state index contributed by atoms with van der Waals surface area (Å²) >= 11 is 1.61. The van der Waals surface area contributed by atoms with E-state index < -0.39 is 0 Å². The Morgan fingerprint density at radius 2 is 2.23 bits per heavy atom. The molecule has 3 heterocycles. The zero-order valence-electron chi connectivity index (χ0n) is 12.7. The number of carbonyl (C=O) groups excluding carboxylic acids is 1. The Bertz CT molecular complexity index is 552. The Morgan fingerprint density at radius 3 is 3.00 bits per heavy atom. The van der Waals surface area contributed by atoms with Gasteiger partial charge in [0.25, 0.3) is 0 Å². The summed E-state index contributed by atoms with van der Waals surface area (Å²) in [7, 11) is 0. The van der Waals surface area contributed by atoms with Crippen LogP contribution in [0.5, 0.6) is 0 Å². The van der Waals surface area contributed by atoms with Crippen LogP contribution in [0.3, 0.4) is 0 Å². The molecule has 7 heteroatoms. The maximum atomic E-state index is 11.7. The fourth-order valence-electron chi connectivity index (χ4n) is 2.57. The van der Waals surface area contributed by atoms with Crippen LogP contribution in [0.1, 0.15) is 42.3 Å². The number of hydrazine groups is 1.